The van der Waals surface area contributed by atoms with Crippen molar-refractivity contribution in [3.63, 3.8) is 0 Å². The van der Waals surface area contributed by atoms with Crippen molar-refractivity contribution in [3.8, 4) is 0 Å². The highest BCUT2D eigenvalue weighted by Crippen LogP contribution is 2.28. The number of aliphatic imine (C=N–C) groups is 1. The lowest BCUT2D eigenvalue weighted by molar-refractivity contribution is 0.0126. The number of aliphatic hydroxyl groups excluding tert-OH is 2. The maximum atomic E-state index is 11.5. The number of rotatable bonds is 6. The van der Waals surface area contributed by atoms with Gasteiger partial charge in [0.1, 0.15) is 11.7 Å². The zero-order chi connectivity index (χ0) is 17.5. The maximum Gasteiger partial charge on any atom is 0.407 e. The second kappa shape index (κ2) is 8.43. The lowest BCUT2D eigenvalue weighted by atomic mass is 10.0. The van der Waals surface area contributed by atoms with Crippen LogP contribution in [0, 0.1) is 0 Å². The molecule has 0 heterocycles. The van der Waals surface area contributed by atoms with E-state index < -0.39 is 23.9 Å². The number of carbonyl (C=O) groups excluding carboxylic acids is 2. The summed E-state index contributed by atoms with van der Waals surface area (Å²) in [4.78, 5) is 25.4. The van der Waals surface area contributed by atoms with E-state index in [9.17, 15) is 19.8 Å². The van der Waals surface area contributed by atoms with Crippen LogP contribution in [0.15, 0.2) is 29.3 Å². The highest BCUT2D eigenvalue weighted by Gasteiger charge is 2.22. The van der Waals surface area contributed by atoms with Crippen molar-refractivity contribution in [2.24, 2.45) is 4.99 Å². The van der Waals surface area contributed by atoms with E-state index in [0.717, 1.165) is 0 Å². The normalized spacial score (nSPS) is 13.6. The van der Waals surface area contributed by atoms with E-state index >= 15 is 0 Å². The van der Waals surface area contributed by atoms with Gasteiger partial charge in [0.2, 0.25) is 6.08 Å². The first-order valence-electron chi connectivity index (χ1n) is 7.24. The summed E-state index contributed by atoms with van der Waals surface area (Å²) in [5.74, 6) is 0. The molecule has 0 spiro atoms. The Labute approximate surface area is 135 Å². The van der Waals surface area contributed by atoms with E-state index in [2.05, 4.69) is 10.3 Å². The van der Waals surface area contributed by atoms with Crippen LogP contribution in [0.5, 0.6) is 0 Å². The number of ether oxygens (including phenoxy) is 1. The maximum absolute atomic E-state index is 11.5. The minimum atomic E-state index is -1.23. The second-order valence-corrected chi connectivity index (χ2v) is 5.99. The number of carbonyl (C=O) groups is 1. The summed E-state index contributed by atoms with van der Waals surface area (Å²) >= 11 is 0. The van der Waals surface area contributed by atoms with Crippen molar-refractivity contribution in [3.05, 3.63) is 29.8 Å². The first-order chi connectivity index (χ1) is 10.7. The van der Waals surface area contributed by atoms with Gasteiger partial charge in [-0.25, -0.2) is 9.59 Å². The average Bonchev–Trinajstić information content (AvgIpc) is 2.45. The number of isocyanates is 1. The van der Waals surface area contributed by atoms with Gasteiger partial charge < -0.3 is 20.3 Å². The number of hydrogen-bond donors (Lipinski definition) is 3. The summed E-state index contributed by atoms with van der Waals surface area (Å²) < 4.78 is 5.06. The zero-order valence-electron chi connectivity index (χ0n) is 13.4. The van der Waals surface area contributed by atoms with Crippen LogP contribution in [-0.2, 0) is 9.53 Å². The van der Waals surface area contributed by atoms with Crippen LogP contribution in [0.25, 0.3) is 0 Å². The standard InChI is InChI=1S/C16H22N2O5/c1-16(2,3)23-15(22)17-9-8-13(20)14(21)11-6-4-5-7-12(11)18-10-19/h4-7,13-14,20-21H,8-9H2,1-3H3,(H,17,22). The predicted octanol–water partition coefficient (Wildman–Crippen LogP) is 1.96. The molecule has 2 unspecified atom stereocenters. The molecule has 3 N–H and O–H groups in total. The van der Waals surface area contributed by atoms with Gasteiger partial charge in [-0.15, -0.1) is 0 Å². The van der Waals surface area contributed by atoms with Crippen molar-refractivity contribution in [1.82, 2.24) is 5.32 Å². The topological polar surface area (TPSA) is 108 Å². The molecular formula is C16H22N2O5. The number of aliphatic hydroxyl groups is 2. The SMILES string of the molecule is CC(C)(C)OC(=O)NCCC(O)C(O)c1ccccc1N=C=O. The monoisotopic (exact) mass is 322 g/mol. The molecule has 126 valence electrons. The Bertz CT molecular complexity index is 576. The summed E-state index contributed by atoms with van der Waals surface area (Å²) in [6.07, 6.45) is -1.44. The molecule has 0 aliphatic heterocycles. The molecule has 0 bridgehead atoms. The molecule has 7 nitrogen and oxygen atoms in total. The number of nitrogens with zero attached hydrogens (tertiary/aromatic N) is 1. The Morgan fingerprint density at radius 3 is 2.61 bits per heavy atom. The molecule has 0 aromatic heterocycles. The molecule has 0 radical (unpaired) electrons. The van der Waals surface area contributed by atoms with Crippen molar-refractivity contribution in [2.75, 3.05) is 6.54 Å². The predicted molar refractivity (Wildman–Crippen MR) is 84.0 cm³/mol. The Morgan fingerprint density at radius 2 is 2.00 bits per heavy atom. The van der Waals surface area contributed by atoms with Crippen LogP contribution < -0.4 is 5.32 Å². The van der Waals surface area contributed by atoms with Crippen LogP contribution >= 0.6 is 0 Å². The lowest BCUT2D eigenvalue weighted by Gasteiger charge is -2.21. The molecule has 1 rings (SSSR count). The third-order valence-electron chi connectivity index (χ3n) is 2.89. The van der Waals surface area contributed by atoms with Crippen molar-refractivity contribution >= 4 is 17.9 Å². The van der Waals surface area contributed by atoms with E-state index in [1.807, 2.05) is 0 Å². The average molecular weight is 322 g/mol. The van der Waals surface area contributed by atoms with E-state index in [1.165, 1.54) is 12.1 Å². The van der Waals surface area contributed by atoms with Gasteiger partial charge in [-0.2, -0.15) is 4.99 Å². The summed E-state index contributed by atoms with van der Waals surface area (Å²) in [6.45, 7) is 5.37. The van der Waals surface area contributed by atoms with Crippen LogP contribution in [0.4, 0.5) is 10.5 Å². The molecular weight excluding hydrogens is 300 g/mol. The number of amides is 1. The molecule has 0 fully saturated rings. The molecule has 0 saturated heterocycles. The van der Waals surface area contributed by atoms with Crippen LogP contribution in [0.1, 0.15) is 38.9 Å². The molecule has 0 saturated carbocycles. The van der Waals surface area contributed by atoms with Crippen LogP contribution in [-0.4, -0.2) is 40.6 Å². The lowest BCUT2D eigenvalue weighted by Crippen LogP contribution is -2.34. The number of hydrogen-bond acceptors (Lipinski definition) is 6. The Balaban J connectivity index is 2.57. The Kier molecular flexibility index (Phi) is 6.90. The zero-order valence-corrected chi connectivity index (χ0v) is 13.4. The third kappa shape index (κ3) is 6.61. The van der Waals surface area contributed by atoms with Gasteiger partial charge in [-0.05, 0) is 33.3 Å². The highest BCUT2D eigenvalue weighted by molar-refractivity contribution is 5.67. The van der Waals surface area contributed by atoms with Gasteiger partial charge in [0.25, 0.3) is 0 Å². The minimum Gasteiger partial charge on any atom is -0.444 e. The van der Waals surface area contributed by atoms with Gasteiger partial charge >= 0.3 is 6.09 Å². The summed E-state index contributed by atoms with van der Waals surface area (Å²) in [5, 5.41) is 22.7. The van der Waals surface area contributed by atoms with E-state index in [4.69, 9.17) is 4.74 Å². The van der Waals surface area contributed by atoms with Gasteiger partial charge in [0.15, 0.2) is 0 Å². The van der Waals surface area contributed by atoms with Crippen LogP contribution in [0.3, 0.4) is 0 Å². The summed E-state index contributed by atoms with van der Waals surface area (Å²) in [7, 11) is 0. The molecule has 1 amide bonds. The summed E-state index contributed by atoms with van der Waals surface area (Å²) in [5.41, 5.74) is -0.0386. The molecule has 23 heavy (non-hydrogen) atoms. The third-order valence-corrected chi connectivity index (χ3v) is 2.89. The fraction of sp³-hybridized carbons (Fsp3) is 0.500. The van der Waals surface area contributed by atoms with E-state index in [0.29, 0.717) is 5.56 Å². The largest absolute Gasteiger partial charge is 0.444 e. The smallest absolute Gasteiger partial charge is 0.407 e. The van der Waals surface area contributed by atoms with E-state index in [-0.39, 0.29) is 18.7 Å². The number of alkyl carbamates (subject to hydrolysis) is 1. The van der Waals surface area contributed by atoms with Gasteiger partial charge in [0, 0.05) is 12.1 Å². The fourth-order valence-corrected chi connectivity index (χ4v) is 1.89. The van der Waals surface area contributed by atoms with Gasteiger partial charge in [-0.1, -0.05) is 18.2 Å². The van der Waals surface area contributed by atoms with Crippen molar-refractivity contribution < 1.29 is 24.5 Å². The number of para-hydroxylation sites is 1. The fourth-order valence-electron chi connectivity index (χ4n) is 1.89. The van der Waals surface area contributed by atoms with Crippen LogP contribution in [0.2, 0.25) is 0 Å². The number of benzene rings is 1. The minimum absolute atomic E-state index is 0.111. The Morgan fingerprint density at radius 1 is 1.35 bits per heavy atom. The molecule has 0 aliphatic carbocycles. The van der Waals surface area contributed by atoms with Gasteiger partial charge in [0.05, 0.1) is 11.8 Å². The molecule has 2 atom stereocenters. The van der Waals surface area contributed by atoms with Crippen molar-refractivity contribution in [1.29, 1.82) is 0 Å². The number of nitrogens with one attached hydrogen (secondary N) is 1. The molecule has 0 aliphatic rings. The van der Waals surface area contributed by atoms with Gasteiger partial charge in [-0.3, -0.25) is 0 Å². The Hall–Kier alpha value is -2.21. The molecule has 1 aromatic rings. The quantitative estimate of drug-likeness (QED) is 0.548. The highest BCUT2D eigenvalue weighted by atomic mass is 16.6. The first-order valence-corrected chi connectivity index (χ1v) is 7.24. The van der Waals surface area contributed by atoms with E-state index in [1.54, 1.807) is 39.0 Å². The first kappa shape index (κ1) is 18.8. The molecule has 7 heteroatoms. The van der Waals surface area contributed by atoms with Crippen molar-refractivity contribution in [2.45, 2.75) is 45.0 Å². The molecule has 1 aromatic carbocycles. The summed E-state index contributed by atoms with van der Waals surface area (Å²) in [6, 6.07) is 6.41. The second-order valence-electron chi connectivity index (χ2n) is 5.99.